The van der Waals surface area contributed by atoms with E-state index in [9.17, 15) is 0 Å². The number of halogens is 2. The SMILES string of the molecule is CN=C(NCc1cccc(CN2CCOCC2)c1)NCc1ccc(Cl)cc1Cl. The normalized spacial score (nSPS) is 15.5. The molecule has 28 heavy (non-hydrogen) atoms. The van der Waals surface area contributed by atoms with Gasteiger partial charge in [0.05, 0.1) is 13.2 Å². The molecule has 3 rings (SSSR count). The fraction of sp³-hybridized carbons (Fsp3) is 0.381. The van der Waals surface area contributed by atoms with Gasteiger partial charge in [0.1, 0.15) is 0 Å². The number of rotatable bonds is 6. The van der Waals surface area contributed by atoms with Crippen LogP contribution in [-0.2, 0) is 24.4 Å². The van der Waals surface area contributed by atoms with Crippen molar-refractivity contribution in [1.29, 1.82) is 0 Å². The van der Waals surface area contributed by atoms with E-state index in [0.29, 0.717) is 23.1 Å². The third kappa shape index (κ3) is 6.38. The first-order valence-electron chi connectivity index (χ1n) is 9.40. The highest BCUT2D eigenvalue weighted by atomic mass is 35.5. The smallest absolute Gasteiger partial charge is 0.191 e. The average Bonchev–Trinajstić information content (AvgIpc) is 2.70. The number of ether oxygens (including phenoxy) is 1. The summed E-state index contributed by atoms with van der Waals surface area (Å²) in [5.41, 5.74) is 3.51. The van der Waals surface area contributed by atoms with Crippen molar-refractivity contribution in [3.05, 3.63) is 69.2 Å². The third-order valence-corrected chi connectivity index (χ3v) is 5.23. The van der Waals surface area contributed by atoms with Crippen LogP contribution < -0.4 is 10.6 Å². The van der Waals surface area contributed by atoms with E-state index in [1.165, 1.54) is 11.1 Å². The monoisotopic (exact) mass is 420 g/mol. The summed E-state index contributed by atoms with van der Waals surface area (Å²) >= 11 is 12.2. The van der Waals surface area contributed by atoms with Crippen LogP contribution in [0.5, 0.6) is 0 Å². The summed E-state index contributed by atoms with van der Waals surface area (Å²) in [6, 6.07) is 14.1. The Kier molecular flexibility index (Phi) is 7.98. The Morgan fingerprint density at radius 3 is 2.54 bits per heavy atom. The Morgan fingerprint density at radius 2 is 1.79 bits per heavy atom. The van der Waals surface area contributed by atoms with Gasteiger partial charge in [0.2, 0.25) is 0 Å². The molecule has 0 aromatic heterocycles. The molecule has 0 aliphatic carbocycles. The van der Waals surface area contributed by atoms with Gasteiger partial charge < -0.3 is 15.4 Å². The molecular weight excluding hydrogens is 395 g/mol. The molecule has 2 aromatic rings. The van der Waals surface area contributed by atoms with Crippen LogP contribution in [0, 0.1) is 0 Å². The van der Waals surface area contributed by atoms with Crippen molar-refractivity contribution in [2.24, 2.45) is 4.99 Å². The highest BCUT2D eigenvalue weighted by Gasteiger charge is 2.11. The molecule has 1 saturated heterocycles. The molecule has 2 aromatic carbocycles. The summed E-state index contributed by atoms with van der Waals surface area (Å²) in [7, 11) is 1.76. The van der Waals surface area contributed by atoms with E-state index in [0.717, 1.165) is 44.4 Å². The Balaban J connectivity index is 1.51. The average molecular weight is 421 g/mol. The van der Waals surface area contributed by atoms with E-state index in [1.54, 1.807) is 13.1 Å². The molecule has 0 saturated carbocycles. The molecule has 1 aliphatic heterocycles. The maximum absolute atomic E-state index is 6.23. The van der Waals surface area contributed by atoms with Crippen molar-refractivity contribution in [3.8, 4) is 0 Å². The van der Waals surface area contributed by atoms with Gasteiger partial charge in [-0.15, -0.1) is 0 Å². The van der Waals surface area contributed by atoms with Gasteiger partial charge in [-0.3, -0.25) is 9.89 Å². The second-order valence-electron chi connectivity index (χ2n) is 6.72. The summed E-state index contributed by atoms with van der Waals surface area (Å²) in [5.74, 6) is 0.726. The van der Waals surface area contributed by atoms with E-state index in [1.807, 2.05) is 12.1 Å². The molecule has 5 nitrogen and oxygen atoms in total. The van der Waals surface area contributed by atoms with Gasteiger partial charge in [0, 0.05) is 49.8 Å². The lowest BCUT2D eigenvalue weighted by atomic mass is 10.1. The minimum atomic E-state index is 0.576. The minimum absolute atomic E-state index is 0.576. The van der Waals surface area contributed by atoms with E-state index in [2.05, 4.69) is 44.8 Å². The van der Waals surface area contributed by atoms with Crippen LogP contribution in [0.15, 0.2) is 47.5 Å². The number of nitrogens with zero attached hydrogens (tertiary/aromatic N) is 2. The number of aliphatic imine (C=N–C) groups is 1. The van der Waals surface area contributed by atoms with Crippen molar-refractivity contribution in [3.63, 3.8) is 0 Å². The lowest BCUT2D eigenvalue weighted by Crippen LogP contribution is -2.36. The Hall–Kier alpha value is -1.79. The van der Waals surface area contributed by atoms with Gasteiger partial charge in [-0.05, 0) is 28.8 Å². The predicted molar refractivity (Wildman–Crippen MR) is 116 cm³/mol. The van der Waals surface area contributed by atoms with E-state index in [-0.39, 0.29) is 0 Å². The number of guanidine groups is 1. The van der Waals surface area contributed by atoms with Gasteiger partial charge in [-0.25, -0.2) is 0 Å². The Labute approximate surface area is 176 Å². The molecule has 1 heterocycles. The first-order chi connectivity index (χ1) is 13.6. The Morgan fingerprint density at radius 1 is 1.04 bits per heavy atom. The quantitative estimate of drug-likeness (QED) is 0.552. The number of benzene rings is 2. The molecule has 0 atom stereocenters. The highest BCUT2D eigenvalue weighted by molar-refractivity contribution is 6.35. The second-order valence-corrected chi connectivity index (χ2v) is 7.57. The molecular formula is C21H26Cl2N4O. The molecule has 1 fully saturated rings. The highest BCUT2D eigenvalue weighted by Crippen LogP contribution is 2.20. The first-order valence-corrected chi connectivity index (χ1v) is 10.2. The van der Waals surface area contributed by atoms with E-state index >= 15 is 0 Å². The van der Waals surface area contributed by atoms with Crippen LogP contribution >= 0.6 is 23.2 Å². The predicted octanol–water partition coefficient (Wildman–Crippen LogP) is 3.69. The topological polar surface area (TPSA) is 48.9 Å². The van der Waals surface area contributed by atoms with Crippen LogP contribution in [0.25, 0.3) is 0 Å². The Bertz CT molecular complexity index is 807. The molecule has 150 valence electrons. The van der Waals surface area contributed by atoms with Crippen LogP contribution in [0.4, 0.5) is 0 Å². The van der Waals surface area contributed by atoms with Crippen LogP contribution in [0.2, 0.25) is 10.0 Å². The summed E-state index contributed by atoms with van der Waals surface area (Å²) in [4.78, 5) is 6.71. The summed E-state index contributed by atoms with van der Waals surface area (Å²) in [6.07, 6.45) is 0. The fourth-order valence-electron chi connectivity index (χ4n) is 3.11. The van der Waals surface area contributed by atoms with Crippen molar-refractivity contribution >= 4 is 29.2 Å². The molecule has 0 bridgehead atoms. The summed E-state index contributed by atoms with van der Waals surface area (Å²) < 4.78 is 5.42. The van der Waals surface area contributed by atoms with Crippen LogP contribution in [0.3, 0.4) is 0 Å². The van der Waals surface area contributed by atoms with Crippen molar-refractivity contribution < 1.29 is 4.74 Å². The van der Waals surface area contributed by atoms with Crippen molar-refractivity contribution in [1.82, 2.24) is 15.5 Å². The zero-order valence-electron chi connectivity index (χ0n) is 16.0. The second kappa shape index (κ2) is 10.7. The van der Waals surface area contributed by atoms with Gasteiger partial charge in [0.15, 0.2) is 5.96 Å². The minimum Gasteiger partial charge on any atom is -0.379 e. The molecule has 2 N–H and O–H groups in total. The van der Waals surface area contributed by atoms with Crippen molar-refractivity contribution in [2.75, 3.05) is 33.4 Å². The standard InChI is InChI=1S/C21H26Cl2N4O/c1-24-21(26-14-18-5-6-19(22)12-20(18)23)25-13-16-3-2-4-17(11-16)15-27-7-9-28-10-8-27/h2-6,11-12H,7-10,13-15H2,1H3,(H2,24,25,26). The number of hydrogen-bond donors (Lipinski definition) is 2. The zero-order valence-corrected chi connectivity index (χ0v) is 17.6. The third-order valence-electron chi connectivity index (χ3n) is 4.65. The van der Waals surface area contributed by atoms with E-state index < -0.39 is 0 Å². The summed E-state index contributed by atoms with van der Waals surface area (Å²) in [5, 5.41) is 7.92. The number of nitrogens with one attached hydrogen (secondary N) is 2. The van der Waals surface area contributed by atoms with Crippen LogP contribution in [-0.4, -0.2) is 44.2 Å². The number of morpholine rings is 1. The first kappa shape index (κ1) is 20.9. The van der Waals surface area contributed by atoms with Crippen LogP contribution in [0.1, 0.15) is 16.7 Å². The van der Waals surface area contributed by atoms with Gasteiger partial charge in [0.25, 0.3) is 0 Å². The molecule has 7 heteroatoms. The fourth-order valence-corrected chi connectivity index (χ4v) is 3.58. The molecule has 0 radical (unpaired) electrons. The molecule has 0 unspecified atom stereocenters. The largest absolute Gasteiger partial charge is 0.379 e. The van der Waals surface area contributed by atoms with E-state index in [4.69, 9.17) is 27.9 Å². The molecule has 0 amide bonds. The molecule has 1 aliphatic rings. The summed E-state index contributed by atoms with van der Waals surface area (Å²) in [6.45, 7) is 5.86. The van der Waals surface area contributed by atoms with Gasteiger partial charge >= 0.3 is 0 Å². The van der Waals surface area contributed by atoms with Gasteiger partial charge in [-0.2, -0.15) is 0 Å². The van der Waals surface area contributed by atoms with Crippen molar-refractivity contribution in [2.45, 2.75) is 19.6 Å². The van der Waals surface area contributed by atoms with Gasteiger partial charge in [-0.1, -0.05) is 53.5 Å². The molecule has 0 spiro atoms. The maximum atomic E-state index is 6.23. The number of hydrogen-bond acceptors (Lipinski definition) is 3. The maximum Gasteiger partial charge on any atom is 0.191 e. The lowest BCUT2D eigenvalue weighted by molar-refractivity contribution is 0.0342. The lowest BCUT2D eigenvalue weighted by Gasteiger charge is -2.26. The zero-order chi connectivity index (χ0) is 19.8.